The molecule has 2 aliphatic rings. The Balaban J connectivity index is 1.40. The van der Waals surface area contributed by atoms with Crippen LogP contribution in [0.5, 0.6) is 5.75 Å². The molecule has 2 aliphatic carbocycles. The molecule has 1 unspecified atom stereocenters. The summed E-state index contributed by atoms with van der Waals surface area (Å²) < 4.78 is 0. The first kappa shape index (κ1) is 19.5. The normalized spacial score (nSPS) is 25.8. The van der Waals surface area contributed by atoms with Gasteiger partial charge < -0.3 is 21.5 Å². The van der Waals surface area contributed by atoms with Crippen molar-refractivity contribution < 1.29 is 5.11 Å². The number of anilines is 2. The molecule has 0 aliphatic heterocycles. The number of para-hydroxylation sites is 1. The first-order valence-electron chi connectivity index (χ1n) is 10.4. The highest BCUT2D eigenvalue weighted by Gasteiger charge is 2.37. The number of nitrogens with two attached hydrogens (primary N) is 1. The molecule has 0 radical (unpaired) electrons. The van der Waals surface area contributed by atoms with E-state index in [0.29, 0.717) is 47.7 Å². The highest BCUT2D eigenvalue weighted by molar-refractivity contribution is 5.53. The zero-order valence-corrected chi connectivity index (χ0v) is 16.5. The van der Waals surface area contributed by atoms with Crippen molar-refractivity contribution in [1.29, 1.82) is 5.26 Å². The fourth-order valence-electron chi connectivity index (χ4n) is 4.84. The number of phenolic OH excluding ortho intramolecular Hbond substituents is 1. The van der Waals surface area contributed by atoms with Gasteiger partial charge in [0.25, 0.3) is 0 Å². The molecule has 7 heteroatoms. The van der Waals surface area contributed by atoms with Gasteiger partial charge in [0.15, 0.2) is 0 Å². The lowest BCUT2D eigenvalue weighted by atomic mass is 9.65. The summed E-state index contributed by atoms with van der Waals surface area (Å²) in [5.41, 5.74) is 7.60. The van der Waals surface area contributed by atoms with Crippen molar-refractivity contribution in [3.63, 3.8) is 0 Å². The number of rotatable bonds is 6. The Bertz CT molecular complexity index is 881. The fourth-order valence-corrected chi connectivity index (χ4v) is 4.84. The summed E-state index contributed by atoms with van der Waals surface area (Å²) >= 11 is 0. The fraction of sp³-hybridized carbons (Fsp3) is 0.500. The van der Waals surface area contributed by atoms with Crippen LogP contribution >= 0.6 is 0 Å². The molecule has 29 heavy (non-hydrogen) atoms. The molecule has 0 spiro atoms. The van der Waals surface area contributed by atoms with E-state index in [-0.39, 0.29) is 5.75 Å². The van der Waals surface area contributed by atoms with E-state index in [9.17, 15) is 10.4 Å². The number of hydrogen-bond acceptors (Lipinski definition) is 7. The van der Waals surface area contributed by atoms with Crippen LogP contribution in [-0.2, 0) is 6.54 Å². The molecule has 0 amide bonds. The molecule has 7 nitrogen and oxygen atoms in total. The monoisotopic (exact) mass is 392 g/mol. The largest absolute Gasteiger partial charge is 0.508 e. The Hall–Kier alpha value is -2.85. The smallest absolute Gasteiger partial charge is 0.224 e. The number of nitriles is 1. The van der Waals surface area contributed by atoms with Crippen molar-refractivity contribution in [2.45, 2.75) is 44.7 Å². The van der Waals surface area contributed by atoms with E-state index in [2.05, 4.69) is 26.7 Å². The molecule has 1 aromatic carbocycles. The molecular formula is C22H28N6O. The highest BCUT2D eigenvalue weighted by atomic mass is 16.3. The predicted molar refractivity (Wildman–Crippen MR) is 112 cm³/mol. The molecular weight excluding hydrogens is 364 g/mol. The average molecular weight is 393 g/mol. The maximum absolute atomic E-state index is 9.90. The van der Waals surface area contributed by atoms with E-state index in [1.54, 1.807) is 12.1 Å². The van der Waals surface area contributed by atoms with Gasteiger partial charge in [0.05, 0.1) is 6.20 Å². The summed E-state index contributed by atoms with van der Waals surface area (Å²) in [4.78, 5) is 8.72. The van der Waals surface area contributed by atoms with Crippen molar-refractivity contribution >= 4 is 11.8 Å². The minimum Gasteiger partial charge on any atom is -0.508 e. The van der Waals surface area contributed by atoms with Gasteiger partial charge in [-0.05, 0) is 49.5 Å². The third kappa shape index (κ3) is 4.43. The first-order chi connectivity index (χ1) is 14.1. The number of benzene rings is 1. The third-order valence-corrected chi connectivity index (χ3v) is 6.41. The van der Waals surface area contributed by atoms with Crippen molar-refractivity contribution in [2.24, 2.45) is 23.5 Å². The van der Waals surface area contributed by atoms with Gasteiger partial charge in [0, 0.05) is 24.7 Å². The van der Waals surface area contributed by atoms with Gasteiger partial charge in [-0.25, -0.2) is 4.98 Å². The lowest BCUT2D eigenvalue weighted by Crippen LogP contribution is -2.47. The lowest BCUT2D eigenvalue weighted by Gasteiger charge is -2.44. The summed E-state index contributed by atoms with van der Waals surface area (Å²) in [6.45, 7) is 1.20. The zero-order chi connectivity index (χ0) is 20.2. The van der Waals surface area contributed by atoms with Crippen LogP contribution in [0.1, 0.15) is 43.2 Å². The first-order valence-corrected chi connectivity index (χ1v) is 10.4. The van der Waals surface area contributed by atoms with Crippen LogP contribution in [0, 0.1) is 29.1 Å². The number of fused-ring (bicyclic) bond motifs is 2. The zero-order valence-electron chi connectivity index (χ0n) is 16.5. The van der Waals surface area contributed by atoms with E-state index in [1.165, 1.54) is 25.5 Å². The molecule has 1 heterocycles. The molecule has 2 bridgehead atoms. The average Bonchev–Trinajstić information content (AvgIpc) is 2.72. The summed E-state index contributed by atoms with van der Waals surface area (Å²) in [5.74, 6) is 3.04. The van der Waals surface area contributed by atoms with Gasteiger partial charge in [-0.3, -0.25) is 0 Å². The summed E-state index contributed by atoms with van der Waals surface area (Å²) in [7, 11) is 0. The van der Waals surface area contributed by atoms with E-state index in [0.717, 1.165) is 24.9 Å². The Morgan fingerprint density at radius 2 is 1.93 bits per heavy atom. The van der Waals surface area contributed by atoms with Crippen LogP contribution in [0.2, 0.25) is 0 Å². The van der Waals surface area contributed by atoms with Gasteiger partial charge in [0.2, 0.25) is 5.95 Å². The second kappa shape index (κ2) is 8.66. The van der Waals surface area contributed by atoms with Crippen LogP contribution < -0.4 is 16.4 Å². The van der Waals surface area contributed by atoms with Crippen LogP contribution in [0.15, 0.2) is 30.5 Å². The van der Waals surface area contributed by atoms with Crippen LogP contribution in [-0.4, -0.2) is 27.7 Å². The maximum atomic E-state index is 9.90. The van der Waals surface area contributed by atoms with Crippen molar-refractivity contribution in [2.75, 3.05) is 17.2 Å². The van der Waals surface area contributed by atoms with E-state index in [4.69, 9.17) is 5.73 Å². The number of aromatic nitrogens is 2. The van der Waals surface area contributed by atoms with Crippen LogP contribution in [0.3, 0.4) is 0 Å². The standard InChI is InChI=1S/C22H28N6O/c23-10-18-13-27-22(26-12-17-4-1-2-7-19(17)29)28-21(18)25-11-14-8-15-5-3-6-16(9-14)20(15)24/h1-2,4,7,13-16,20,29H,3,5-6,8-9,11-12,24H2,(H2,25,26,27,28)/t14?,15-,16+,20-. The molecule has 2 fully saturated rings. The number of phenols is 1. The second-order valence-corrected chi connectivity index (χ2v) is 8.30. The van der Waals surface area contributed by atoms with Crippen molar-refractivity contribution in [3.05, 3.63) is 41.6 Å². The van der Waals surface area contributed by atoms with Crippen LogP contribution in [0.4, 0.5) is 11.8 Å². The molecule has 152 valence electrons. The molecule has 5 N–H and O–H groups in total. The summed E-state index contributed by atoms with van der Waals surface area (Å²) in [6, 6.07) is 9.67. The van der Waals surface area contributed by atoms with Gasteiger partial charge in [0.1, 0.15) is 23.2 Å². The maximum Gasteiger partial charge on any atom is 0.224 e. The molecule has 0 saturated heterocycles. The number of hydrogen-bond donors (Lipinski definition) is 4. The molecule has 2 aromatic rings. The highest BCUT2D eigenvalue weighted by Crippen LogP contribution is 2.41. The SMILES string of the molecule is N#Cc1cnc(NCc2ccccc2O)nc1NCC1C[C@H]2CCC[C@@H](C1)[C@@H]2N. The van der Waals surface area contributed by atoms with E-state index < -0.39 is 0 Å². The molecule has 4 rings (SSSR count). The van der Waals surface area contributed by atoms with Gasteiger partial charge >= 0.3 is 0 Å². The van der Waals surface area contributed by atoms with Gasteiger partial charge in [-0.2, -0.15) is 10.2 Å². The summed E-state index contributed by atoms with van der Waals surface area (Å²) in [6.07, 6.45) is 7.62. The van der Waals surface area contributed by atoms with Gasteiger partial charge in [-0.1, -0.05) is 24.6 Å². The predicted octanol–water partition coefficient (Wildman–Crippen LogP) is 3.23. The quantitative estimate of drug-likeness (QED) is 0.596. The Labute approximate surface area is 171 Å². The topological polar surface area (TPSA) is 120 Å². The Morgan fingerprint density at radius 3 is 2.66 bits per heavy atom. The number of nitrogens with one attached hydrogen (secondary N) is 2. The number of aromatic hydroxyl groups is 1. The number of nitrogens with zero attached hydrogens (tertiary/aromatic N) is 3. The third-order valence-electron chi connectivity index (χ3n) is 6.41. The van der Waals surface area contributed by atoms with Crippen molar-refractivity contribution in [3.8, 4) is 11.8 Å². The molecule has 1 aromatic heterocycles. The molecule has 2 saturated carbocycles. The van der Waals surface area contributed by atoms with Crippen LogP contribution in [0.25, 0.3) is 0 Å². The minimum atomic E-state index is 0.230. The Kier molecular flexibility index (Phi) is 5.81. The minimum absolute atomic E-state index is 0.230. The molecule has 4 atom stereocenters. The van der Waals surface area contributed by atoms with E-state index >= 15 is 0 Å². The summed E-state index contributed by atoms with van der Waals surface area (Å²) in [5, 5.41) is 25.8. The lowest BCUT2D eigenvalue weighted by molar-refractivity contribution is 0.112. The van der Waals surface area contributed by atoms with Gasteiger partial charge in [-0.15, -0.1) is 0 Å². The second-order valence-electron chi connectivity index (χ2n) is 8.30. The van der Waals surface area contributed by atoms with E-state index in [1.807, 2.05) is 12.1 Å². The Morgan fingerprint density at radius 1 is 1.17 bits per heavy atom. The van der Waals surface area contributed by atoms with Crippen molar-refractivity contribution in [1.82, 2.24) is 9.97 Å².